The van der Waals surface area contributed by atoms with Crippen LogP contribution >= 0.6 is 34.8 Å². The van der Waals surface area contributed by atoms with E-state index in [9.17, 15) is 4.79 Å². The van der Waals surface area contributed by atoms with Crippen LogP contribution in [0.15, 0.2) is 30.3 Å². The topological polar surface area (TPSA) is 43.1 Å². The SMILES string of the molecule is Cc1ccc(N)cc1C(=O)c1c(Cl)cc(Cl)cc1Cl. The van der Waals surface area contributed by atoms with Gasteiger partial charge >= 0.3 is 0 Å². The fourth-order valence-electron chi connectivity index (χ4n) is 1.78. The van der Waals surface area contributed by atoms with E-state index in [-0.39, 0.29) is 21.4 Å². The van der Waals surface area contributed by atoms with Gasteiger partial charge in [0.25, 0.3) is 0 Å². The smallest absolute Gasteiger partial charge is 0.196 e. The Hall–Kier alpha value is -1.22. The second-order valence-electron chi connectivity index (χ2n) is 4.15. The van der Waals surface area contributed by atoms with Crippen LogP contribution < -0.4 is 5.73 Å². The van der Waals surface area contributed by atoms with Crippen LogP contribution in [0.3, 0.4) is 0 Å². The lowest BCUT2D eigenvalue weighted by Gasteiger charge is -2.10. The van der Waals surface area contributed by atoms with E-state index in [4.69, 9.17) is 40.5 Å². The third-order valence-corrected chi connectivity index (χ3v) is 3.55. The number of halogens is 3. The van der Waals surface area contributed by atoms with Crippen molar-refractivity contribution in [2.75, 3.05) is 5.73 Å². The molecule has 2 rings (SSSR count). The Labute approximate surface area is 126 Å². The maximum atomic E-state index is 12.5. The van der Waals surface area contributed by atoms with Crippen molar-refractivity contribution in [2.24, 2.45) is 0 Å². The van der Waals surface area contributed by atoms with E-state index in [0.29, 0.717) is 16.3 Å². The van der Waals surface area contributed by atoms with Crippen LogP contribution in [0, 0.1) is 6.92 Å². The Morgan fingerprint density at radius 1 is 1.05 bits per heavy atom. The largest absolute Gasteiger partial charge is 0.399 e. The van der Waals surface area contributed by atoms with Gasteiger partial charge in [-0.2, -0.15) is 0 Å². The van der Waals surface area contributed by atoms with Crippen molar-refractivity contribution in [3.8, 4) is 0 Å². The van der Waals surface area contributed by atoms with E-state index < -0.39 is 0 Å². The normalized spacial score (nSPS) is 10.5. The zero-order chi connectivity index (χ0) is 14.2. The second kappa shape index (κ2) is 5.41. The van der Waals surface area contributed by atoms with Crippen LogP contribution in [0.1, 0.15) is 21.5 Å². The van der Waals surface area contributed by atoms with Crippen molar-refractivity contribution in [2.45, 2.75) is 6.92 Å². The highest BCUT2D eigenvalue weighted by Gasteiger charge is 2.19. The highest BCUT2D eigenvalue weighted by Crippen LogP contribution is 2.31. The molecule has 0 fully saturated rings. The van der Waals surface area contributed by atoms with Crippen LogP contribution in [-0.4, -0.2) is 5.78 Å². The van der Waals surface area contributed by atoms with Crippen LogP contribution in [-0.2, 0) is 0 Å². The van der Waals surface area contributed by atoms with Crippen molar-refractivity contribution in [1.82, 2.24) is 0 Å². The molecule has 98 valence electrons. The van der Waals surface area contributed by atoms with Gasteiger partial charge in [-0.05, 0) is 36.8 Å². The second-order valence-corrected chi connectivity index (χ2v) is 5.40. The Morgan fingerprint density at radius 3 is 2.21 bits per heavy atom. The Morgan fingerprint density at radius 2 is 1.63 bits per heavy atom. The molecule has 2 aromatic rings. The number of hydrogen-bond acceptors (Lipinski definition) is 2. The highest BCUT2D eigenvalue weighted by molar-refractivity contribution is 6.43. The number of benzene rings is 2. The molecule has 0 unspecified atom stereocenters. The molecule has 0 bridgehead atoms. The highest BCUT2D eigenvalue weighted by atomic mass is 35.5. The van der Waals surface area contributed by atoms with Crippen molar-refractivity contribution in [1.29, 1.82) is 0 Å². The van der Waals surface area contributed by atoms with Gasteiger partial charge in [0.2, 0.25) is 0 Å². The summed E-state index contributed by atoms with van der Waals surface area (Å²) in [6.45, 7) is 1.82. The van der Waals surface area contributed by atoms with Crippen LogP contribution in [0.25, 0.3) is 0 Å². The molecule has 0 aliphatic rings. The third kappa shape index (κ3) is 2.86. The predicted octanol–water partition coefficient (Wildman–Crippen LogP) is 4.77. The number of nitrogens with two attached hydrogens (primary N) is 1. The summed E-state index contributed by atoms with van der Waals surface area (Å²) in [4.78, 5) is 12.5. The van der Waals surface area contributed by atoms with E-state index in [2.05, 4.69) is 0 Å². The fourth-order valence-corrected chi connectivity index (χ4v) is 2.77. The van der Waals surface area contributed by atoms with Crippen molar-refractivity contribution < 1.29 is 4.79 Å². The molecule has 19 heavy (non-hydrogen) atoms. The van der Waals surface area contributed by atoms with E-state index in [0.717, 1.165) is 5.56 Å². The number of anilines is 1. The number of carbonyl (C=O) groups excluding carboxylic acids is 1. The molecule has 0 aliphatic heterocycles. The van der Waals surface area contributed by atoms with Gasteiger partial charge < -0.3 is 5.73 Å². The molecule has 0 spiro atoms. The van der Waals surface area contributed by atoms with Gasteiger partial charge in [-0.3, -0.25) is 4.79 Å². The molecular formula is C14H10Cl3NO. The first-order chi connectivity index (χ1) is 8.90. The summed E-state index contributed by atoms with van der Waals surface area (Å²) in [5.74, 6) is -0.267. The monoisotopic (exact) mass is 313 g/mol. The molecule has 0 atom stereocenters. The van der Waals surface area contributed by atoms with Crippen LogP contribution in [0.2, 0.25) is 15.1 Å². The number of rotatable bonds is 2. The molecular weight excluding hydrogens is 305 g/mol. The zero-order valence-electron chi connectivity index (χ0n) is 10.0. The first-order valence-electron chi connectivity index (χ1n) is 5.45. The first kappa shape index (κ1) is 14.2. The van der Waals surface area contributed by atoms with Gasteiger partial charge in [0.15, 0.2) is 5.78 Å². The lowest BCUT2D eigenvalue weighted by Crippen LogP contribution is -2.06. The lowest BCUT2D eigenvalue weighted by atomic mass is 9.98. The molecule has 0 saturated carbocycles. The van der Waals surface area contributed by atoms with E-state index >= 15 is 0 Å². The van der Waals surface area contributed by atoms with E-state index in [1.165, 1.54) is 12.1 Å². The standard InChI is InChI=1S/C14H10Cl3NO/c1-7-2-3-9(18)6-10(7)14(19)13-11(16)4-8(15)5-12(13)17/h2-6H,18H2,1H3. The number of ketones is 1. The minimum atomic E-state index is -0.267. The predicted molar refractivity (Wildman–Crippen MR) is 80.5 cm³/mol. The van der Waals surface area contributed by atoms with Crippen LogP contribution in [0.4, 0.5) is 5.69 Å². The summed E-state index contributed by atoms with van der Waals surface area (Å²) in [5, 5.41) is 0.837. The average Bonchev–Trinajstić information content (AvgIpc) is 2.30. The van der Waals surface area contributed by atoms with Gasteiger partial charge in [0, 0.05) is 16.3 Å². The number of nitrogen functional groups attached to an aromatic ring is 1. The molecule has 2 nitrogen and oxygen atoms in total. The number of hydrogen-bond donors (Lipinski definition) is 1. The van der Waals surface area contributed by atoms with Gasteiger partial charge in [-0.1, -0.05) is 40.9 Å². The minimum absolute atomic E-state index is 0.226. The average molecular weight is 315 g/mol. The summed E-state index contributed by atoms with van der Waals surface area (Å²) < 4.78 is 0. The maximum Gasteiger partial charge on any atom is 0.196 e. The van der Waals surface area contributed by atoms with Crippen molar-refractivity contribution in [3.63, 3.8) is 0 Å². The summed E-state index contributed by atoms with van der Waals surface area (Å²) in [7, 11) is 0. The molecule has 2 aromatic carbocycles. The summed E-state index contributed by atoms with van der Waals surface area (Å²) in [6.07, 6.45) is 0. The van der Waals surface area contributed by atoms with E-state index in [1.807, 2.05) is 6.92 Å². The molecule has 0 aromatic heterocycles. The molecule has 0 aliphatic carbocycles. The number of carbonyl (C=O) groups is 1. The van der Waals surface area contributed by atoms with E-state index in [1.54, 1.807) is 18.2 Å². The molecule has 2 N–H and O–H groups in total. The quantitative estimate of drug-likeness (QED) is 0.641. The molecule has 0 heterocycles. The Balaban J connectivity index is 2.59. The minimum Gasteiger partial charge on any atom is -0.399 e. The fraction of sp³-hybridized carbons (Fsp3) is 0.0714. The summed E-state index contributed by atoms with van der Waals surface area (Å²) >= 11 is 17.9. The molecule has 0 radical (unpaired) electrons. The van der Waals surface area contributed by atoms with Crippen molar-refractivity contribution >= 4 is 46.3 Å². The molecule has 0 amide bonds. The zero-order valence-corrected chi connectivity index (χ0v) is 12.3. The summed E-state index contributed by atoms with van der Waals surface area (Å²) in [6, 6.07) is 8.10. The van der Waals surface area contributed by atoms with Gasteiger partial charge in [0.1, 0.15) is 0 Å². The Kier molecular flexibility index (Phi) is 4.04. The molecule has 5 heteroatoms. The van der Waals surface area contributed by atoms with Crippen molar-refractivity contribution in [3.05, 3.63) is 62.1 Å². The third-order valence-electron chi connectivity index (χ3n) is 2.74. The maximum absolute atomic E-state index is 12.5. The van der Waals surface area contributed by atoms with Crippen LogP contribution in [0.5, 0.6) is 0 Å². The number of aryl methyl sites for hydroxylation is 1. The molecule has 0 saturated heterocycles. The summed E-state index contributed by atoms with van der Waals surface area (Å²) in [5.41, 5.74) is 7.74. The van der Waals surface area contributed by atoms with Gasteiger partial charge in [0.05, 0.1) is 15.6 Å². The van der Waals surface area contributed by atoms with Gasteiger partial charge in [-0.15, -0.1) is 0 Å². The lowest BCUT2D eigenvalue weighted by molar-refractivity contribution is 0.103. The van der Waals surface area contributed by atoms with Gasteiger partial charge in [-0.25, -0.2) is 0 Å². The Bertz CT molecular complexity index is 645. The first-order valence-corrected chi connectivity index (χ1v) is 6.59.